The van der Waals surface area contributed by atoms with E-state index in [9.17, 15) is 19.8 Å². The third kappa shape index (κ3) is 4.09. The topological polar surface area (TPSA) is 89.9 Å². The van der Waals surface area contributed by atoms with Gasteiger partial charge in [-0.1, -0.05) is 38.0 Å². The molecule has 23 heavy (non-hydrogen) atoms. The zero-order valence-corrected chi connectivity index (χ0v) is 13.3. The maximum Gasteiger partial charge on any atom is 0.254 e. The molecule has 3 atom stereocenters. The second-order valence-electron chi connectivity index (χ2n) is 5.82. The maximum atomic E-state index is 12.6. The van der Waals surface area contributed by atoms with Crippen molar-refractivity contribution in [2.24, 2.45) is 0 Å². The van der Waals surface area contributed by atoms with Crippen LogP contribution >= 0.6 is 0 Å². The lowest BCUT2D eigenvalue weighted by Gasteiger charge is -2.25. The van der Waals surface area contributed by atoms with Gasteiger partial charge in [-0.15, -0.1) is 0 Å². The van der Waals surface area contributed by atoms with Crippen LogP contribution in [-0.4, -0.2) is 58.3 Å². The predicted octanol–water partition coefficient (Wildman–Crippen LogP) is 0.539. The number of carbonyl (C=O) groups excluding carboxylic acids is 2. The molecule has 6 heteroatoms. The normalized spacial score (nSPS) is 23.8. The zero-order valence-electron chi connectivity index (χ0n) is 13.3. The molecule has 0 radical (unpaired) electrons. The van der Waals surface area contributed by atoms with E-state index in [1.54, 1.807) is 30.3 Å². The molecule has 6 nitrogen and oxygen atoms in total. The first kappa shape index (κ1) is 17.4. The standard InChI is InChI=1S/C17H24N2O4/c1-2-3-7-10-18-16(22)14-15(21)13(20)11-19(14)17(23)12-8-5-4-6-9-12/h4-6,8-9,13-15,20-21H,2-3,7,10-11H2,1H3,(H,18,22)/t13-,14-,15-/m0/s1. The van der Waals surface area contributed by atoms with Gasteiger partial charge in [-0.25, -0.2) is 0 Å². The molecule has 1 fully saturated rings. The Morgan fingerprint density at radius 1 is 1.22 bits per heavy atom. The lowest BCUT2D eigenvalue weighted by molar-refractivity contribution is -0.127. The Kier molecular flexibility index (Phi) is 6.12. The molecular weight excluding hydrogens is 296 g/mol. The second kappa shape index (κ2) is 8.08. The van der Waals surface area contributed by atoms with Crippen LogP contribution in [0.5, 0.6) is 0 Å². The highest BCUT2D eigenvalue weighted by Gasteiger charge is 2.46. The van der Waals surface area contributed by atoms with Crippen molar-refractivity contribution >= 4 is 11.8 Å². The lowest BCUT2D eigenvalue weighted by atomic mass is 10.1. The average molecular weight is 320 g/mol. The van der Waals surface area contributed by atoms with Gasteiger partial charge in [0.15, 0.2) is 0 Å². The number of carbonyl (C=O) groups is 2. The van der Waals surface area contributed by atoms with E-state index in [1.165, 1.54) is 4.90 Å². The Morgan fingerprint density at radius 2 is 1.91 bits per heavy atom. The molecule has 1 aromatic rings. The number of β-amino-alcohol motifs (C(OH)–C–C–N with tert-alkyl or cyclic N) is 1. The molecule has 2 rings (SSSR count). The van der Waals surface area contributed by atoms with E-state index in [0.29, 0.717) is 12.1 Å². The zero-order chi connectivity index (χ0) is 16.8. The van der Waals surface area contributed by atoms with Crippen LogP contribution in [-0.2, 0) is 4.79 Å². The van der Waals surface area contributed by atoms with Crippen LogP contribution in [0.25, 0.3) is 0 Å². The van der Waals surface area contributed by atoms with Crippen LogP contribution in [0.4, 0.5) is 0 Å². The highest BCUT2D eigenvalue weighted by atomic mass is 16.3. The van der Waals surface area contributed by atoms with E-state index in [-0.39, 0.29) is 12.5 Å². The van der Waals surface area contributed by atoms with Gasteiger partial charge in [0.2, 0.25) is 5.91 Å². The summed E-state index contributed by atoms with van der Waals surface area (Å²) >= 11 is 0. The van der Waals surface area contributed by atoms with Gasteiger partial charge in [-0.05, 0) is 18.6 Å². The van der Waals surface area contributed by atoms with Crippen molar-refractivity contribution in [3.8, 4) is 0 Å². The van der Waals surface area contributed by atoms with Gasteiger partial charge in [0, 0.05) is 12.1 Å². The average Bonchev–Trinajstić information content (AvgIpc) is 2.87. The smallest absolute Gasteiger partial charge is 0.254 e. The number of hydrogen-bond acceptors (Lipinski definition) is 4. The van der Waals surface area contributed by atoms with E-state index in [1.807, 2.05) is 0 Å². The quantitative estimate of drug-likeness (QED) is 0.667. The SMILES string of the molecule is CCCCCNC(=O)[C@@H]1[C@@H](O)[C@@H](O)CN1C(=O)c1ccccc1. The summed E-state index contributed by atoms with van der Waals surface area (Å²) in [5.74, 6) is -0.788. The molecule has 1 aliphatic rings. The molecule has 0 aromatic heterocycles. The monoisotopic (exact) mass is 320 g/mol. The number of rotatable bonds is 6. The molecule has 2 amide bonds. The first-order valence-electron chi connectivity index (χ1n) is 8.06. The number of hydrogen-bond donors (Lipinski definition) is 3. The van der Waals surface area contributed by atoms with Crippen molar-refractivity contribution in [3.63, 3.8) is 0 Å². The van der Waals surface area contributed by atoms with Crippen LogP contribution in [0.15, 0.2) is 30.3 Å². The molecule has 1 heterocycles. The molecule has 0 saturated carbocycles. The molecular formula is C17H24N2O4. The molecule has 1 saturated heterocycles. The van der Waals surface area contributed by atoms with Crippen LogP contribution < -0.4 is 5.32 Å². The Balaban J connectivity index is 2.08. The third-order valence-corrected chi connectivity index (χ3v) is 4.07. The van der Waals surface area contributed by atoms with Crippen molar-refractivity contribution in [1.82, 2.24) is 10.2 Å². The largest absolute Gasteiger partial charge is 0.388 e. The van der Waals surface area contributed by atoms with Gasteiger partial charge in [0.1, 0.15) is 18.2 Å². The Hall–Kier alpha value is -1.92. The summed E-state index contributed by atoms with van der Waals surface area (Å²) in [5, 5.41) is 22.7. The number of amides is 2. The van der Waals surface area contributed by atoms with Gasteiger partial charge < -0.3 is 20.4 Å². The minimum atomic E-state index is -1.27. The molecule has 1 aliphatic heterocycles. The summed E-state index contributed by atoms with van der Waals surface area (Å²) in [4.78, 5) is 26.1. The maximum absolute atomic E-state index is 12.6. The van der Waals surface area contributed by atoms with Gasteiger partial charge in [0.25, 0.3) is 5.91 Å². The second-order valence-corrected chi connectivity index (χ2v) is 5.82. The molecule has 1 aromatic carbocycles. The summed E-state index contributed by atoms with van der Waals surface area (Å²) < 4.78 is 0. The highest BCUT2D eigenvalue weighted by molar-refractivity contribution is 5.98. The number of unbranched alkanes of at least 4 members (excludes halogenated alkanes) is 2. The minimum Gasteiger partial charge on any atom is -0.388 e. The summed E-state index contributed by atoms with van der Waals surface area (Å²) in [6.45, 7) is 2.51. The lowest BCUT2D eigenvalue weighted by Crippen LogP contribution is -2.50. The van der Waals surface area contributed by atoms with Crippen molar-refractivity contribution < 1.29 is 19.8 Å². The number of benzene rings is 1. The number of nitrogens with one attached hydrogen (secondary N) is 1. The van der Waals surface area contributed by atoms with E-state index in [4.69, 9.17) is 0 Å². The first-order chi connectivity index (χ1) is 11.1. The fraction of sp³-hybridized carbons (Fsp3) is 0.529. The molecule has 126 valence electrons. The van der Waals surface area contributed by atoms with E-state index >= 15 is 0 Å². The molecule has 0 unspecified atom stereocenters. The molecule has 0 bridgehead atoms. The molecule has 0 aliphatic carbocycles. The van der Waals surface area contributed by atoms with Gasteiger partial charge >= 0.3 is 0 Å². The van der Waals surface area contributed by atoms with E-state index in [2.05, 4.69) is 12.2 Å². The fourth-order valence-corrected chi connectivity index (χ4v) is 2.76. The minimum absolute atomic E-state index is 0.0536. The highest BCUT2D eigenvalue weighted by Crippen LogP contribution is 2.21. The fourth-order valence-electron chi connectivity index (χ4n) is 2.76. The number of nitrogens with zero attached hydrogens (tertiary/aromatic N) is 1. The van der Waals surface area contributed by atoms with Crippen molar-refractivity contribution in [2.75, 3.05) is 13.1 Å². The Morgan fingerprint density at radius 3 is 2.57 bits per heavy atom. The third-order valence-electron chi connectivity index (χ3n) is 4.07. The van der Waals surface area contributed by atoms with Crippen LogP contribution in [0.3, 0.4) is 0 Å². The number of likely N-dealkylation sites (tertiary alicyclic amines) is 1. The van der Waals surface area contributed by atoms with Crippen LogP contribution in [0.2, 0.25) is 0 Å². The number of aliphatic hydroxyl groups is 2. The molecule has 0 spiro atoms. The van der Waals surface area contributed by atoms with Crippen molar-refractivity contribution in [1.29, 1.82) is 0 Å². The summed E-state index contributed by atoms with van der Waals surface area (Å²) in [5.41, 5.74) is 0.428. The summed E-state index contributed by atoms with van der Waals surface area (Å²) in [6, 6.07) is 7.50. The first-order valence-corrected chi connectivity index (χ1v) is 8.06. The van der Waals surface area contributed by atoms with Crippen molar-refractivity contribution in [3.05, 3.63) is 35.9 Å². The molecule has 3 N–H and O–H groups in total. The Bertz CT molecular complexity index is 535. The van der Waals surface area contributed by atoms with E-state index in [0.717, 1.165) is 19.3 Å². The predicted molar refractivity (Wildman–Crippen MR) is 85.8 cm³/mol. The van der Waals surface area contributed by atoms with Gasteiger partial charge in [-0.3, -0.25) is 9.59 Å². The number of aliphatic hydroxyl groups excluding tert-OH is 2. The summed E-state index contributed by atoms with van der Waals surface area (Å²) in [6.07, 6.45) is 0.505. The van der Waals surface area contributed by atoms with Crippen LogP contribution in [0, 0.1) is 0 Å². The van der Waals surface area contributed by atoms with Crippen LogP contribution in [0.1, 0.15) is 36.5 Å². The summed E-state index contributed by atoms with van der Waals surface area (Å²) in [7, 11) is 0. The van der Waals surface area contributed by atoms with E-state index < -0.39 is 24.2 Å². The van der Waals surface area contributed by atoms with Gasteiger partial charge in [-0.2, -0.15) is 0 Å². The Labute approximate surface area is 136 Å². The van der Waals surface area contributed by atoms with Gasteiger partial charge in [0.05, 0.1) is 6.54 Å². The van der Waals surface area contributed by atoms with Crippen molar-refractivity contribution in [2.45, 2.75) is 44.4 Å².